The lowest BCUT2D eigenvalue weighted by molar-refractivity contribution is 0.0742. The smallest absolute Gasteiger partial charge is 0.255 e. The van der Waals surface area contributed by atoms with E-state index in [-0.39, 0.29) is 22.2 Å². The van der Waals surface area contributed by atoms with Crippen molar-refractivity contribution in [3.05, 3.63) is 66.2 Å². The van der Waals surface area contributed by atoms with E-state index in [1.54, 1.807) is 29.2 Å². The second kappa shape index (κ2) is 8.45. The molecular weight excluding hydrogens is 461 g/mol. The first-order valence-electron chi connectivity index (χ1n) is 10.5. The average Bonchev–Trinajstić information content (AvgIpc) is 3.28. The summed E-state index contributed by atoms with van der Waals surface area (Å²) in [6.07, 6.45) is 2.51. The van der Waals surface area contributed by atoms with Gasteiger partial charge in [-0.2, -0.15) is 4.68 Å². The van der Waals surface area contributed by atoms with E-state index in [1.807, 2.05) is 4.90 Å². The molecule has 0 saturated carbocycles. The summed E-state index contributed by atoms with van der Waals surface area (Å²) in [5.74, 6) is -0.0900. The van der Waals surface area contributed by atoms with Gasteiger partial charge in [0.2, 0.25) is 0 Å². The van der Waals surface area contributed by atoms with Crippen LogP contribution in [0, 0.1) is 5.82 Å². The first-order chi connectivity index (χ1) is 16.3. The highest BCUT2D eigenvalue weighted by molar-refractivity contribution is 7.90. The number of halogens is 1. The van der Waals surface area contributed by atoms with Crippen molar-refractivity contribution in [1.29, 1.82) is 0 Å². The fourth-order valence-corrected chi connectivity index (χ4v) is 4.86. The van der Waals surface area contributed by atoms with Crippen LogP contribution in [0.5, 0.6) is 0 Å². The van der Waals surface area contributed by atoms with Gasteiger partial charge in [0, 0.05) is 32.4 Å². The van der Waals surface area contributed by atoms with Crippen molar-refractivity contribution in [2.45, 2.75) is 4.90 Å². The summed E-state index contributed by atoms with van der Waals surface area (Å²) in [7, 11) is -3.53. The minimum Gasteiger partial charge on any atom is -0.351 e. The van der Waals surface area contributed by atoms with Gasteiger partial charge in [-0.05, 0) is 36.4 Å². The first kappa shape index (κ1) is 21.9. The molecule has 0 radical (unpaired) electrons. The fraction of sp³-hybridized carbons (Fsp3) is 0.227. The Kier molecular flexibility index (Phi) is 5.44. The number of aromatic nitrogens is 5. The van der Waals surface area contributed by atoms with Gasteiger partial charge < -0.3 is 9.80 Å². The van der Waals surface area contributed by atoms with Crippen LogP contribution in [0.1, 0.15) is 10.4 Å². The molecule has 5 rings (SSSR count). The molecule has 1 amide bonds. The highest BCUT2D eigenvalue weighted by Crippen LogP contribution is 2.25. The van der Waals surface area contributed by atoms with Gasteiger partial charge in [-0.15, -0.1) is 5.10 Å². The Labute approximate surface area is 194 Å². The van der Waals surface area contributed by atoms with E-state index in [9.17, 15) is 17.6 Å². The van der Waals surface area contributed by atoms with E-state index in [0.29, 0.717) is 48.8 Å². The molecule has 0 unspecified atom stereocenters. The molecule has 0 atom stereocenters. The number of carbonyl (C=O) groups is 1. The van der Waals surface area contributed by atoms with Crippen LogP contribution in [-0.4, -0.2) is 76.6 Å². The van der Waals surface area contributed by atoms with Crippen molar-refractivity contribution in [2.75, 3.05) is 37.3 Å². The van der Waals surface area contributed by atoms with Crippen molar-refractivity contribution in [3.63, 3.8) is 0 Å². The summed E-state index contributed by atoms with van der Waals surface area (Å²) in [5, 5.41) is 8.40. The molecule has 174 valence electrons. The van der Waals surface area contributed by atoms with Gasteiger partial charge in [-0.25, -0.2) is 22.8 Å². The molecule has 3 heterocycles. The minimum atomic E-state index is -3.53. The zero-order valence-corrected chi connectivity index (χ0v) is 19.0. The Balaban J connectivity index is 1.37. The highest BCUT2D eigenvalue weighted by Gasteiger charge is 2.28. The molecule has 0 N–H and O–H groups in total. The quantitative estimate of drug-likeness (QED) is 0.433. The topological polar surface area (TPSA) is 114 Å². The Morgan fingerprint density at radius 1 is 0.971 bits per heavy atom. The Bertz CT molecular complexity index is 1480. The van der Waals surface area contributed by atoms with Crippen LogP contribution in [-0.2, 0) is 9.84 Å². The summed E-state index contributed by atoms with van der Waals surface area (Å²) >= 11 is 0. The molecule has 1 aliphatic heterocycles. The van der Waals surface area contributed by atoms with E-state index in [2.05, 4.69) is 20.3 Å². The van der Waals surface area contributed by atoms with E-state index < -0.39 is 9.84 Å². The van der Waals surface area contributed by atoms with Crippen molar-refractivity contribution in [1.82, 2.24) is 29.9 Å². The second-order valence-corrected chi connectivity index (χ2v) is 9.88. The Morgan fingerprint density at radius 3 is 2.38 bits per heavy atom. The molecule has 34 heavy (non-hydrogen) atoms. The van der Waals surface area contributed by atoms with Crippen LogP contribution in [0.4, 0.5) is 10.2 Å². The molecule has 1 aliphatic rings. The highest BCUT2D eigenvalue weighted by atomic mass is 32.2. The van der Waals surface area contributed by atoms with E-state index in [0.717, 1.165) is 6.26 Å². The summed E-state index contributed by atoms with van der Waals surface area (Å²) in [4.78, 5) is 25.4. The number of fused-ring (bicyclic) bond motifs is 1. The SMILES string of the molecule is CS(=O)(=O)c1ccccc1C(=O)N1CCN(c2ncnc3c2nnn3-c2ccc(F)cc2)CC1. The van der Waals surface area contributed by atoms with Gasteiger partial charge in [-0.1, -0.05) is 17.3 Å². The molecule has 0 aliphatic carbocycles. The fourth-order valence-electron chi connectivity index (χ4n) is 3.98. The number of rotatable bonds is 4. The lowest BCUT2D eigenvalue weighted by Crippen LogP contribution is -2.49. The van der Waals surface area contributed by atoms with Crippen LogP contribution >= 0.6 is 0 Å². The number of nitrogens with zero attached hydrogens (tertiary/aromatic N) is 7. The molecule has 10 nitrogen and oxygen atoms in total. The van der Waals surface area contributed by atoms with E-state index in [4.69, 9.17) is 0 Å². The minimum absolute atomic E-state index is 0.0253. The normalized spacial score (nSPS) is 14.5. The number of piperazine rings is 1. The zero-order valence-electron chi connectivity index (χ0n) is 18.2. The molecule has 0 bridgehead atoms. The third-order valence-corrected chi connectivity index (χ3v) is 6.83. The monoisotopic (exact) mass is 481 g/mol. The molecule has 12 heteroatoms. The van der Waals surface area contributed by atoms with Gasteiger partial charge in [0.25, 0.3) is 5.91 Å². The third kappa shape index (κ3) is 3.96. The molecule has 0 spiro atoms. The van der Waals surface area contributed by atoms with Crippen LogP contribution in [0.3, 0.4) is 0 Å². The maximum atomic E-state index is 13.3. The number of benzene rings is 2. The summed E-state index contributed by atoms with van der Waals surface area (Å²) in [5.41, 5.74) is 1.77. The van der Waals surface area contributed by atoms with Gasteiger partial charge in [-0.3, -0.25) is 4.79 Å². The zero-order chi connectivity index (χ0) is 23.9. The van der Waals surface area contributed by atoms with Crippen LogP contribution in [0.2, 0.25) is 0 Å². The number of sulfone groups is 1. The predicted molar refractivity (Wildman–Crippen MR) is 122 cm³/mol. The summed E-state index contributed by atoms with van der Waals surface area (Å²) < 4.78 is 39.0. The van der Waals surface area contributed by atoms with Crippen LogP contribution in [0.15, 0.2) is 59.8 Å². The van der Waals surface area contributed by atoms with Gasteiger partial charge in [0.15, 0.2) is 26.8 Å². The molecule has 4 aromatic rings. The Morgan fingerprint density at radius 2 is 1.68 bits per heavy atom. The van der Waals surface area contributed by atoms with Crippen LogP contribution in [0.25, 0.3) is 16.9 Å². The van der Waals surface area contributed by atoms with Crippen molar-refractivity contribution < 1.29 is 17.6 Å². The molecule has 1 fully saturated rings. The summed E-state index contributed by atoms with van der Waals surface area (Å²) in [6.45, 7) is 1.72. The standard InChI is InChI=1S/C22H20FN7O3S/c1-34(32,33)18-5-3-2-4-17(18)22(31)29-12-10-28(11-13-29)20-19-21(25-14-24-20)30(27-26-19)16-8-6-15(23)7-9-16/h2-9,14H,10-13H2,1H3. The van der Waals surface area contributed by atoms with Gasteiger partial charge in [0.05, 0.1) is 16.1 Å². The Hall–Kier alpha value is -3.93. The largest absolute Gasteiger partial charge is 0.351 e. The molecule has 1 saturated heterocycles. The third-order valence-electron chi connectivity index (χ3n) is 5.67. The average molecular weight is 482 g/mol. The second-order valence-electron chi connectivity index (χ2n) is 7.89. The lowest BCUT2D eigenvalue weighted by Gasteiger charge is -2.35. The number of carbonyl (C=O) groups excluding carboxylic acids is 1. The summed E-state index contributed by atoms with van der Waals surface area (Å²) in [6, 6.07) is 12.1. The molecule has 2 aromatic carbocycles. The van der Waals surface area contributed by atoms with Gasteiger partial charge >= 0.3 is 0 Å². The number of hydrogen-bond acceptors (Lipinski definition) is 8. The van der Waals surface area contributed by atoms with E-state index in [1.165, 1.54) is 35.3 Å². The number of anilines is 1. The van der Waals surface area contributed by atoms with Crippen LogP contribution < -0.4 is 4.90 Å². The van der Waals surface area contributed by atoms with Gasteiger partial charge in [0.1, 0.15) is 12.1 Å². The van der Waals surface area contributed by atoms with Crippen molar-refractivity contribution >= 4 is 32.7 Å². The van der Waals surface area contributed by atoms with Crippen molar-refractivity contribution in [3.8, 4) is 5.69 Å². The number of amides is 1. The maximum absolute atomic E-state index is 13.3. The lowest BCUT2D eigenvalue weighted by atomic mass is 10.2. The molecular formula is C22H20FN7O3S. The van der Waals surface area contributed by atoms with E-state index >= 15 is 0 Å². The first-order valence-corrected chi connectivity index (χ1v) is 12.4. The molecule has 2 aromatic heterocycles. The number of hydrogen-bond donors (Lipinski definition) is 0. The maximum Gasteiger partial charge on any atom is 0.255 e. The predicted octanol–water partition coefficient (Wildman–Crippen LogP) is 1.72. The van der Waals surface area contributed by atoms with Crippen molar-refractivity contribution in [2.24, 2.45) is 0 Å².